The van der Waals surface area contributed by atoms with Gasteiger partial charge in [0, 0.05) is 26.5 Å². The normalized spacial score (nSPS) is 12.3. The van der Waals surface area contributed by atoms with E-state index in [2.05, 4.69) is 9.98 Å². The van der Waals surface area contributed by atoms with E-state index in [-0.39, 0.29) is 5.56 Å². The number of fused-ring (bicyclic) bond motifs is 1. The standard InChI is InChI=1S/C20H20N4O3/c1-23(2)18-15(19(25)24-12-8-7-11-16(24)22-18)13-21-17(20(26)27-3)14-9-5-4-6-10-14/h4-13,17H,1-3H3. The van der Waals surface area contributed by atoms with Crippen molar-refractivity contribution in [3.63, 3.8) is 0 Å². The summed E-state index contributed by atoms with van der Waals surface area (Å²) in [4.78, 5) is 35.8. The first-order valence-corrected chi connectivity index (χ1v) is 8.37. The first-order valence-electron chi connectivity index (χ1n) is 8.37. The van der Waals surface area contributed by atoms with Crippen LogP contribution in [0.1, 0.15) is 17.2 Å². The number of rotatable bonds is 5. The number of pyridine rings is 1. The van der Waals surface area contributed by atoms with Crippen LogP contribution in [0.2, 0.25) is 0 Å². The van der Waals surface area contributed by atoms with E-state index in [4.69, 9.17) is 4.74 Å². The van der Waals surface area contributed by atoms with Crippen molar-refractivity contribution in [2.24, 2.45) is 4.99 Å². The van der Waals surface area contributed by atoms with Gasteiger partial charge in [0.1, 0.15) is 17.0 Å². The highest BCUT2D eigenvalue weighted by Gasteiger charge is 2.20. The lowest BCUT2D eigenvalue weighted by molar-refractivity contribution is -0.142. The predicted molar refractivity (Wildman–Crippen MR) is 105 cm³/mol. The van der Waals surface area contributed by atoms with Gasteiger partial charge in [0.05, 0.1) is 7.11 Å². The van der Waals surface area contributed by atoms with Gasteiger partial charge in [-0.25, -0.2) is 9.78 Å². The summed E-state index contributed by atoms with van der Waals surface area (Å²) in [7, 11) is 4.91. The number of ether oxygens (including phenoxy) is 1. The van der Waals surface area contributed by atoms with Crippen molar-refractivity contribution in [2.75, 3.05) is 26.1 Å². The molecule has 0 bridgehead atoms. The zero-order chi connectivity index (χ0) is 19.4. The van der Waals surface area contributed by atoms with E-state index in [1.165, 1.54) is 17.7 Å². The molecule has 3 rings (SSSR count). The van der Waals surface area contributed by atoms with Crippen molar-refractivity contribution in [3.8, 4) is 0 Å². The summed E-state index contributed by atoms with van der Waals surface area (Å²) in [6.45, 7) is 0. The highest BCUT2D eigenvalue weighted by molar-refractivity contribution is 5.89. The van der Waals surface area contributed by atoms with Gasteiger partial charge in [-0.05, 0) is 17.7 Å². The number of methoxy groups -OCH3 is 1. The van der Waals surface area contributed by atoms with Crippen LogP contribution in [-0.2, 0) is 9.53 Å². The third-order valence-corrected chi connectivity index (χ3v) is 4.06. The molecule has 0 saturated carbocycles. The Morgan fingerprint density at radius 2 is 1.89 bits per heavy atom. The van der Waals surface area contributed by atoms with E-state index in [1.54, 1.807) is 49.5 Å². The van der Waals surface area contributed by atoms with Crippen molar-refractivity contribution in [1.82, 2.24) is 9.38 Å². The molecule has 0 aliphatic heterocycles. The fraction of sp³-hybridized carbons (Fsp3) is 0.200. The number of nitrogens with zero attached hydrogens (tertiary/aromatic N) is 4. The monoisotopic (exact) mass is 364 g/mol. The summed E-state index contributed by atoms with van der Waals surface area (Å²) in [5.74, 6) is -0.0238. The Balaban J connectivity index is 2.13. The minimum Gasteiger partial charge on any atom is -0.467 e. The molecule has 27 heavy (non-hydrogen) atoms. The number of aliphatic imine (C=N–C) groups is 1. The molecule has 0 radical (unpaired) electrons. The molecule has 0 N–H and O–H groups in total. The summed E-state index contributed by atoms with van der Waals surface area (Å²) in [5, 5.41) is 0. The molecule has 2 aromatic heterocycles. The van der Waals surface area contributed by atoms with Gasteiger partial charge in [-0.1, -0.05) is 36.4 Å². The maximum absolute atomic E-state index is 12.9. The second-order valence-corrected chi connectivity index (χ2v) is 6.09. The second kappa shape index (κ2) is 7.82. The van der Waals surface area contributed by atoms with Crippen LogP contribution in [0, 0.1) is 0 Å². The average Bonchev–Trinajstić information content (AvgIpc) is 2.69. The van der Waals surface area contributed by atoms with Gasteiger partial charge in [-0.3, -0.25) is 14.2 Å². The number of esters is 1. The molecular weight excluding hydrogens is 344 g/mol. The van der Waals surface area contributed by atoms with Gasteiger partial charge < -0.3 is 9.64 Å². The molecule has 7 nitrogen and oxygen atoms in total. The van der Waals surface area contributed by atoms with Gasteiger partial charge in [-0.2, -0.15) is 0 Å². The Hall–Kier alpha value is -3.48. The van der Waals surface area contributed by atoms with E-state index < -0.39 is 12.0 Å². The van der Waals surface area contributed by atoms with Gasteiger partial charge in [0.2, 0.25) is 0 Å². The third-order valence-electron chi connectivity index (χ3n) is 4.06. The summed E-state index contributed by atoms with van der Waals surface area (Å²) < 4.78 is 6.32. The van der Waals surface area contributed by atoms with E-state index >= 15 is 0 Å². The highest BCUT2D eigenvalue weighted by Crippen LogP contribution is 2.19. The minimum absolute atomic E-state index is 0.260. The Kier molecular flexibility index (Phi) is 5.30. The molecular formula is C20H20N4O3. The van der Waals surface area contributed by atoms with Crippen molar-refractivity contribution < 1.29 is 9.53 Å². The van der Waals surface area contributed by atoms with Gasteiger partial charge in [0.15, 0.2) is 6.04 Å². The van der Waals surface area contributed by atoms with Crippen molar-refractivity contribution in [2.45, 2.75) is 6.04 Å². The van der Waals surface area contributed by atoms with Crippen LogP contribution in [-0.4, -0.2) is 42.8 Å². The maximum Gasteiger partial charge on any atom is 0.335 e. The van der Waals surface area contributed by atoms with Gasteiger partial charge >= 0.3 is 5.97 Å². The quantitative estimate of drug-likeness (QED) is 0.512. The zero-order valence-corrected chi connectivity index (χ0v) is 15.4. The van der Waals surface area contributed by atoms with Crippen molar-refractivity contribution in [1.29, 1.82) is 0 Å². The lowest BCUT2D eigenvalue weighted by Crippen LogP contribution is -2.25. The number of hydrogen-bond donors (Lipinski definition) is 0. The van der Waals surface area contributed by atoms with Crippen LogP contribution >= 0.6 is 0 Å². The summed E-state index contributed by atoms with van der Waals surface area (Å²) in [6.07, 6.45) is 3.05. The molecule has 138 valence electrons. The SMILES string of the molecule is COC(=O)C(N=Cc1c(N(C)C)nc2ccccn2c1=O)c1ccccc1. The van der Waals surface area contributed by atoms with Crippen LogP contribution < -0.4 is 10.5 Å². The molecule has 1 atom stereocenters. The molecule has 0 amide bonds. The lowest BCUT2D eigenvalue weighted by atomic mass is 10.1. The lowest BCUT2D eigenvalue weighted by Gasteiger charge is -2.15. The van der Waals surface area contributed by atoms with Crippen LogP contribution in [0.25, 0.3) is 5.65 Å². The van der Waals surface area contributed by atoms with Crippen LogP contribution in [0.3, 0.4) is 0 Å². The highest BCUT2D eigenvalue weighted by atomic mass is 16.5. The molecule has 1 unspecified atom stereocenters. The van der Waals surface area contributed by atoms with E-state index in [1.807, 2.05) is 24.3 Å². The fourth-order valence-electron chi connectivity index (χ4n) is 2.72. The summed E-state index contributed by atoms with van der Waals surface area (Å²) >= 11 is 0. The zero-order valence-electron chi connectivity index (χ0n) is 15.4. The first kappa shape index (κ1) is 18.3. The molecule has 0 fully saturated rings. The number of hydrogen-bond acceptors (Lipinski definition) is 6. The van der Waals surface area contributed by atoms with Crippen LogP contribution in [0.15, 0.2) is 64.5 Å². The topological polar surface area (TPSA) is 76.3 Å². The molecule has 0 aliphatic rings. The van der Waals surface area contributed by atoms with E-state index in [0.29, 0.717) is 22.6 Å². The molecule has 1 aromatic carbocycles. The maximum atomic E-state index is 12.9. The number of benzene rings is 1. The smallest absolute Gasteiger partial charge is 0.335 e. The van der Waals surface area contributed by atoms with Gasteiger partial charge in [-0.15, -0.1) is 0 Å². The first-order chi connectivity index (χ1) is 13.0. The summed E-state index contributed by atoms with van der Waals surface area (Å²) in [5.41, 5.74) is 1.26. The molecule has 0 spiro atoms. The number of carbonyl (C=O) groups excluding carboxylic acids is 1. The molecule has 7 heteroatoms. The van der Waals surface area contributed by atoms with E-state index in [9.17, 15) is 9.59 Å². The molecule has 0 saturated heterocycles. The minimum atomic E-state index is -0.859. The predicted octanol–water partition coefficient (Wildman–Crippen LogP) is 2.09. The third kappa shape index (κ3) is 3.72. The van der Waals surface area contributed by atoms with Crippen LogP contribution in [0.4, 0.5) is 5.82 Å². The number of anilines is 1. The average molecular weight is 364 g/mol. The van der Waals surface area contributed by atoms with Crippen LogP contribution in [0.5, 0.6) is 0 Å². The Morgan fingerprint density at radius 1 is 1.19 bits per heavy atom. The molecule has 2 heterocycles. The molecule has 0 aliphatic carbocycles. The largest absolute Gasteiger partial charge is 0.467 e. The Bertz CT molecular complexity index is 1040. The fourth-order valence-corrected chi connectivity index (χ4v) is 2.72. The number of aromatic nitrogens is 2. The van der Waals surface area contributed by atoms with E-state index in [0.717, 1.165) is 0 Å². The van der Waals surface area contributed by atoms with Gasteiger partial charge in [0.25, 0.3) is 5.56 Å². The summed E-state index contributed by atoms with van der Waals surface area (Å²) in [6, 6.07) is 13.5. The Morgan fingerprint density at radius 3 is 2.56 bits per heavy atom. The number of carbonyl (C=O) groups is 1. The molecule has 3 aromatic rings. The van der Waals surface area contributed by atoms with Crippen molar-refractivity contribution >= 4 is 23.6 Å². The Labute approximate surface area is 156 Å². The second-order valence-electron chi connectivity index (χ2n) is 6.09. The van der Waals surface area contributed by atoms with Crippen molar-refractivity contribution in [3.05, 3.63) is 76.2 Å².